The first-order valence-electron chi connectivity index (χ1n) is 5.52. The van der Waals surface area contributed by atoms with Gasteiger partial charge in [-0.25, -0.2) is 4.98 Å². The van der Waals surface area contributed by atoms with Crippen molar-refractivity contribution in [3.05, 3.63) is 18.6 Å². The largest absolute Gasteiger partial charge is 0.366 e. The molecule has 82 valence electrons. The van der Waals surface area contributed by atoms with Gasteiger partial charge < -0.3 is 5.32 Å². The molecular weight excluding hydrogens is 206 g/mol. The highest BCUT2D eigenvalue weighted by Crippen LogP contribution is 2.30. The monoisotopic (exact) mass is 223 g/mol. The van der Waals surface area contributed by atoms with Crippen molar-refractivity contribution in [2.45, 2.75) is 37.5 Å². The van der Waals surface area contributed by atoms with Crippen LogP contribution in [0.5, 0.6) is 0 Å². The summed E-state index contributed by atoms with van der Waals surface area (Å²) in [6, 6.07) is 0.589. The molecule has 1 fully saturated rings. The number of hydrogen-bond acceptors (Lipinski definition) is 4. The van der Waals surface area contributed by atoms with Crippen LogP contribution >= 0.6 is 11.8 Å². The minimum absolute atomic E-state index is 0.589. The highest BCUT2D eigenvalue weighted by atomic mass is 32.2. The Balaban J connectivity index is 1.82. The summed E-state index contributed by atoms with van der Waals surface area (Å²) < 4.78 is 0. The van der Waals surface area contributed by atoms with E-state index < -0.39 is 0 Å². The molecule has 15 heavy (non-hydrogen) atoms. The Labute approximate surface area is 95.1 Å². The maximum absolute atomic E-state index is 4.23. The molecule has 0 saturated heterocycles. The topological polar surface area (TPSA) is 37.8 Å². The fraction of sp³-hybridized carbons (Fsp3) is 0.636. The Morgan fingerprint density at radius 2 is 2.40 bits per heavy atom. The Morgan fingerprint density at radius 1 is 1.47 bits per heavy atom. The fourth-order valence-electron chi connectivity index (χ4n) is 2.04. The van der Waals surface area contributed by atoms with E-state index in [0.717, 1.165) is 11.1 Å². The molecule has 1 heterocycles. The lowest BCUT2D eigenvalue weighted by atomic mass is 10.2. The molecule has 3 nitrogen and oxygen atoms in total. The van der Waals surface area contributed by atoms with E-state index >= 15 is 0 Å². The van der Waals surface area contributed by atoms with Crippen LogP contribution in [0.3, 0.4) is 0 Å². The van der Waals surface area contributed by atoms with Crippen LogP contribution in [-0.4, -0.2) is 27.0 Å². The summed E-state index contributed by atoms with van der Waals surface area (Å²) >= 11 is 2.08. The average Bonchev–Trinajstić information content (AvgIpc) is 2.68. The van der Waals surface area contributed by atoms with Crippen LogP contribution in [0, 0.1) is 0 Å². The Kier molecular flexibility index (Phi) is 3.83. The zero-order chi connectivity index (χ0) is 10.5. The predicted octanol–water partition coefficient (Wildman–Crippen LogP) is 2.56. The minimum atomic E-state index is 0.589. The molecule has 1 N–H and O–H groups in total. The van der Waals surface area contributed by atoms with Gasteiger partial charge in [-0.1, -0.05) is 6.92 Å². The van der Waals surface area contributed by atoms with Gasteiger partial charge in [0.15, 0.2) is 0 Å². The molecule has 0 bridgehead atoms. The molecule has 1 aromatic rings. The number of anilines is 1. The van der Waals surface area contributed by atoms with Crippen molar-refractivity contribution in [3.63, 3.8) is 0 Å². The van der Waals surface area contributed by atoms with Gasteiger partial charge in [-0.2, -0.15) is 11.8 Å². The molecule has 1 saturated carbocycles. The number of thioether (sulfide) groups is 1. The molecule has 0 amide bonds. The lowest BCUT2D eigenvalue weighted by Gasteiger charge is -2.12. The highest BCUT2D eigenvalue weighted by molar-refractivity contribution is 7.99. The molecule has 4 heteroatoms. The van der Waals surface area contributed by atoms with Gasteiger partial charge in [-0.05, 0) is 25.0 Å². The lowest BCUT2D eigenvalue weighted by molar-refractivity contribution is 0.751. The second-order valence-electron chi connectivity index (χ2n) is 3.82. The number of nitrogens with zero attached hydrogens (tertiary/aromatic N) is 2. The van der Waals surface area contributed by atoms with Crippen molar-refractivity contribution in [3.8, 4) is 0 Å². The molecule has 2 unspecified atom stereocenters. The van der Waals surface area contributed by atoms with Crippen molar-refractivity contribution in [2.75, 3.05) is 11.1 Å². The SMILES string of the molecule is CCSC1CCC(Nc2cnccn2)C1. The summed E-state index contributed by atoms with van der Waals surface area (Å²) in [4.78, 5) is 8.28. The van der Waals surface area contributed by atoms with Crippen molar-refractivity contribution >= 4 is 17.6 Å². The van der Waals surface area contributed by atoms with Gasteiger partial charge in [-0.3, -0.25) is 4.98 Å². The van der Waals surface area contributed by atoms with Crippen LogP contribution in [-0.2, 0) is 0 Å². The summed E-state index contributed by atoms with van der Waals surface area (Å²) in [6.45, 7) is 2.23. The van der Waals surface area contributed by atoms with Gasteiger partial charge in [0, 0.05) is 23.7 Å². The van der Waals surface area contributed by atoms with Gasteiger partial charge >= 0.3 is 0 Å². The van der Waals surface area contributed by atoms with E-state index in [1.165, 1.54) is 25.0 Å². The van der Waals surface area contributed by atoms with Gasteiger partial charge in [0.2, 0.25) is 0 Å². The lowest BCUT2D eigenvalue weighted by Crippen LogP contribution is -2.16. The van der Waals surface area contributed by atoms with Gasteiger partial charge in [0.05, 0.1) is 6.20 Å². The predicted molar refractivity (Wildman–Crippen MR) is 65.2 cm³/mol. The minimum Gasteiger partial charge on any atom is -0.366 e. The molecule has 2 rings (SSSR count). The zero-order valence-electron chi connectivity index (χ0n) is 9.02. The van der Waals surface area contributed by atoms with Gasteiger partial charge in [-0.15, -0.1) is 0 Å². The van der Waals surface area contributed by atoms with Crippen LogP contribution in [0.1, 0.15) is 26.2 Å². The van der Waals surface area contributed by atoms with E-state index in [4.69, 9.17) is 0 Å². The Bertz CT molecular complexity index is 291. The van der Waals surface area contributed by atoms with Crippen LogP contribution in [0.15, 0.2) is 18.6 Å². The first-order chi connectivity index (χ1) is 7.38. The number of nitrogens with one attached hydrogen (secondary N) is 1. The number of aromatic nitrogens is 2. The third kappa shape index (κ3) is 3.09. The molecular formula is C11H17N3S. The summed E-state index contributed by atoms with van der Waals surface area (Å²) in [7, 11) is 0. The first-order valence-corrected chi connectivity index (χ1v) is 6.57. The fourth-order valence-corrected chi connectivity index (χ4v) is 3.18. The third-order valence-corrected chi connectivity index (χ3v) is 3.93. The van der Waals surface area contributed by atoms with Crippen molar-refractivity contribution in [2.24, 2.45) is 0 Å². The maximum Gasteiger partial charge on any atom is 0.144 e. The van der Waals surface area contributed by atoms with Crippen molar-refractivity contribution in [1.29, 1.82) is 0 Å². The Morgan fingerprint density at radius 3 is 3.13 bits per heavy atom. The third-order valence-electron chi connectivity index (χ3n) is 2.70. The second-order valence-corrected chi connectivity index (χ2v) is 5.40. The summed E-state index contributed by atoms with van der Waals surface area (Å²) in [5.74, 6) is 2.13. The molecule has 1 aliphatic carbocycles. The van der Waals surface area contributed by atoms with E-state index in [9.17, 15) is 0 Å². The summed E-state index contributed by atoms with van der Waals surface area (Å²) in [5.41, 5.74) is 0. The Hall–Kier alpha value is -0.770. The van der Waals surface area contributed by atoms with E-state index in [1.54, 1.807) is 18.6 Å². The smallest absolute Gasteiger partial charge is 0.144 e. The van der Waals surface area contributed by atoms with Crippen molar-refractivity contribution < 1.29 is 0 Å². The van der Waals surface area contributed by atoms with Gasteiger partial charge in [0.1, 0.15) is 5.82 Å². The molecule has 0 spiro atoms. The standard InChI is InChI=1S/C11H17N3S/c1-2-15-10-4-3-9(7-10)14-11-8-12-5-6-13-11/h5-6,8-10H,2-4,7H2,1H3,(H,13,14). The van der Waals surface area contributed by atoms with E-state index in [-0.39, 0.29) is 0 Å². The summed E-state index contributed by atoms with van der Waals surface area (Å²) in [6.07, 6.45) is 9.07. The average molecular weight is 223 g/mol. The molecule has 0 radical (unpaired) electrons. The number of hydrogen-bond donors (Lipinski definition) is 1. The quantitative estimate of drug-likeness (QED) is 0.851. The number of rotatable bonds is 4. The second kappa shape index (κ2) is 5.35. The van der Waals surface area contributed by atoms with E-state index in [1.807, 2.05) is 0 Å². The molecule has 0 aromatic carbocycles. The van der Waals surface area contributed by atoms with E-state index in [0.29, 0.717) is 6.04 Å². The molecule has 1 aromatic heterocycles. The van der Waals surface area contributed by atoms with Crippen LogP contribution in [0.2, 0.25) is 0 Å². The molecule has 0 aliphatic heterocycles. The first kappa shape index (κ1) is 10.7. The molecule has 1 aliphatic rings. The van der Waals surface area contributed by atoms with Crippen LogP contribution in [0.25, 0.3) is 0 Å². The summed E-state index contributed by atoms with van der Waals surface area (Å²) in [5, 5.41) is 4.28. The maximum atomic E-state index is 4.23. The molecule has 2 atom stereocenters. The van der Waals surface area contributed by atoms with E-state index in [2.05, 4.69) is 34.0 Å². The normalized spacial score (nSPS) is 25.4. The van der Waals surface area contributed by atoms with Crippen LogP contribution < -0.4 is 5.32 Å². The van der Waals surface area contributed by atoms with Crippen molar-refractivity contribution in [1.82, 2.24) is 9.97 Å². The zero-order valence-corrected chi connectivity index (χ0v) is 9.83. The van der Waals surface area contributed by atoms with Gasteiger partial charge in [0.25, 0.3) is 0 Å². The van der Waals surface area contributed by atoms with Crippen LogP contribution in [0.4, 0.5) is 5.82 Å². The highest BCUT2D eigenvalue weighted by Gasteiger charge is 2.24.